The van der Waals surface area contributed by atoms with Crippen LogP contribution in [0.25, 0.3) is 0 Å². The van der Waals surface area contributed by atoms with Crippen LogP contribution in [0.15, 0.2) is 48.5 Å². The predicted molar refractivity (Wildman–Crippen MR) is 101 cm³/mol. The van der Waals surface area contributed by atoms with Crippen molar-refractivity contribution >= 4 is 5.91 Å². The molecule has 0 aromatic heterocycles. The predicted octanol–water partition coefficient (Wildman–Crippen LogP) is 2.94. The molecule has 0 saturated carbocycles. The van der Waals surface area contributed by atoms with Gasteiger partial charge in [0.05, 0.1) is 6.04 Å². The number of hydrogen-bond acceptors (Lipinski definition) is 3. The van der Waals surface area contributed by atoms with E-state index in [1.54, 1.807) is 24.3 Å². The summed E-state index contributed by atoms with van der Waals surface area (Å²) >= 11 is 0. The first-order valence-electron chi connectivity index (χ1n) is 9.31. The van der Waals surface area contributed by atoms with Gasteiger partial charge < -0.3 is 10.6 Å². The standard InChI is InChI=1S/C21H25F2N3O/c22-18-7-3-16(4-8-18)21(17-5-9-19(23)10-6-17)26-14-12-25(13-15-26)20(27)2-1-11-24/h3-10,21H,1-2,11-15,24H2. The maximum absolute atomic E-state index is 13.4. The van der Waals surface area contributed by atoms with Gasteiger partial charge in [-0.15, -0.1) is 0 Å². The van der Waals surface area contributed by atoms with Crippen molar-refractivity contribution in [2.75, 3.05) is 32.7 Å². The third-order valence-electron chi connectivity index (χ3n) is 5.00. The highest BCUT2D eigenvalue weighted by Crippen LogP contribution is 2.30. The minimum absolute atomic E-state index is 0.104. The van der Waals surface area contributed by atoms with Crippen LogP contribution in [0.2, 0.25) is 0 Å². The second-order valence-corrected chi connectivity index (χ2v) is 6.81. The van der Waals surface area contributed by atoms with Crippen molar-refractivity contribution in [3.8, 4) is 0 Å². The Kier molecular flexibility index (Phi) is 6.53. The molecule has 0 unspecified atom stereocenters. The molecule has 1 aliphatic heterocycles. The highest BCUT2D eigenvalue weighted by atomic mass is 19.1. The van der Waals surface area contributed by atoms with E-state index in [9.17, 15) is 13.6 Å². The molecule has 0 atom stereocenters. The van der Waals surface area contributed by atoms with Crippen LogP contribution in [0.1, 0.15) is 30.0 Å². The average Bonchev–Trinajstić information content (AvgIpc) is 2.70. The molecule has 1 fully saturated rings. The van der Waals surface area contributed by atoms with Gasteiger partial charge in [0.15, 0.2) is 0 Å². The molecule has 27 heavy (non-hydrogen) atoms. The van der Waals surface area contributed by atoms with Crippen LogP contribution in [0.4, 0.5) is 8.78 Å². The van der Waals surface area contributed by atoms with Crippen molar-refractivity contribution in [2.45, 2.75) is 18.9 Å². The Bertz CT molecular complexity index is 696. The average molecular weight is 373 g/mol. The SMILES string of the molecule is NCCCC(=O)N1CCN(C(c2ccc(F)cc2)c2ccc(F)cc2)CC1. The van der Waals surface area contributed by atoms with E-state index in [0.29, 0.717) is 45.6 Å². The molecule has 0 aliphatic carbocycles. The fourth-order valence-corrected chi connectivity index (χ4v) is 3.55. The normalized spacial score (nSPS) is 15.3. The van der Waals surface area contributed by atoms with Crippen molar-refractivity contribution < 1.29 is 13.6 Å². The molecule has 1 amide bonds. The molecule has 0 spiro atoms. The van der Waals surface area contributed by atoms with Crippen molar-refractivity contribution in [1.82, 2.24) is 9.80 Å². The van der Waals surface area contributed by atoms with Gasteiger partial charge in [-0.2, -0.15) is 0 Å². The zero-order chi connectivity index (χ0) is 19.2. The van der Waals surface area contributed by atoms with Gasteiger partial charge in [-0.05, 0) is 48.4 Å². The maximum Gasteiger partial charge on any atom is 0.222 e. The molecular weight excluding hydrogens is 348 g/mol. The number of carbonyl (C=O) groups is 1. The van der Waals surface area contributed by atoms with E-state index in [4.69, 9.17) is 5.73 Å². The van der Waals surface area contributed by atoms with E-state index < -0.39 is 0 Å². The number of piperazine rings is 1. The molecule has 0 radical (unpaired) electrons. The van der Waals surface area contributed by atoms with Crippen LogP contribution < -0.4 is 5.73 Å². The van der Waals surface area contributed by atoms with Crippen LogP contribution in [0, 0.1) is 11.6 Å². The minimum atomic E-state index is -0.285. The zero-order valence-electron chi connectivity index (χ0n) is 15.3. The monoisotopic (exact) mass is 373 g/mol. The van der Waals surface area contributed by atoms with E-state index in [2.05, 4.69) is 4.90 Å². The molecule has 2 aromatic carbocycles. The van der Waals surface area contributed by atoms with E-state index in [-0.39, 0.29) is 23.6 Å². The summed E-state index contributed by atoms with van der Waals surface area (Å²) in [6, 6.07) is 12.7. The zero-order valence-corrected chi connectivity index (χ0v) is 15.3. The van der Waals surface area contributed by atoms with Gasteiger partial charge in [-0.3, -0.25) is 9.69 Å². The molecule has 6 heteroatoms. The number of benzene rings is 2. The minimum Gasteiger partial charge on any atom is -0.340 e. The van der Waals surface area contributed by atoms with Gasteiger partial charge in [0.2, 0.25) is 5.91 Å². The molecule has 3 rings (SSSR count). The molecule has 0 bridgehead atoms. The lowest BCUT2D eigenvalue weighted by Gasteiger charge is -2.40. The molecule has 1 saturated heterocycles. The second-order valence-electron chi connectivity index (χ2n) is 6.81. The van der Waals surface area contributed by atoms with Crippen molar-refractivity contribution in [2.24, 2.45) is 5.73 Å². The lowest BCUT2D eigenvalue weighted by molar-refractivity contribution is -0.133. The molecule has 1 heterocycles. The fourth-order valence-electron chi connectivity index (χ4n) is 3.55. The highest BCUT2D eigenvalue weighted by molar-refractivity contribution is 5.76. The summed E-state index contributed by atoms with van der Waals surface area (Å²) in [4.78, 5) is 16.3. The van der Waals surface area contributed by atoms with Crippen molar-refractivity contribution in [3.63, 3.8) is 0 Å². The molecule has 4 nitrogen and oxygen atoms in total. The summed E-state index contributed by atoms with van der Waals surface area (Å²) in [6.07, 6.45) is 1.18. The second kappa shape index (κ2) is 9.06. The summed E-state index contributed by atoms with van der Waals surface area (Å²) in [5.41, 5.74) is 7.39. The summed E-state index contributed by atoms with van der Waals surface area (Å²) in [6.45, 7) is 3.20. The number of amides is 1. The smallest absolute Gasteiger partial charge is 0.222 e. The lowest BCUT2D eigenvalue weighted by Crippen LogP contribution is -2.49. The van der Waals surface area contributed by atoms with E-state index >= 15 is 0 Å². The molecule has 1 aliphatic rings. The first kappa shape index (κ1) is 19.5. The quantitative estimate of drug-likeness (QED) is 0.847. The van der Waals surface area contributed by atoms with Gasteiger partial charge in [-0.25, -0.2) is 8.78 Å². The van der Waals surface area contributed by atoms with E-state index in [1.165, 1.54) is 24.3 Å². The summed E-state index contributed by atoms with van der Waals surface area (Å²) in [7, 11) is 0. The van der Waals surface area contributed by atoms with Gasteiger partial charge >= 0.3 is 0 Å². The Morgan fingerprint density at radius 1 is 0.889 bits per heavy atom. The number of carbonyl (C=O) groups excluding carboxylic acids is 1. The topological polar surface area (TPSA) is 49.6 Å². The Hall–Kier alpha value is -2.31. The number of halogens is 2. The Balaban J connectivity index is 1.77. The number of nitrogens with two attached hydrogens (primary N) is 1. The van der Waals surface area contributed by atoms with E-state index in [1.807, 2.05) is 4.90 Å². The van der Waals surface area contributed by atoms with Crippen LogP contribution in [-0.2, 0) is 4.79 Å². The molecular formula is C21H25F2N3O. The molecule has 144 valence electrons. The number of hydrogen-bond donors (Lipinski definition) is 1. The van der Waals surface area contributed by atoms with Gasteiger partial charge in [0.1, 0.15) is 11.6 Å². The fraction of sp³-hybridized carbons (Fsp3) is 0.381. The largest absolute Gasteiger partial charge is 0.340 e. The number of nitrogens with zero attached hydrogens (tertiary/aromatic N) is 2. The first-order valence-corrected chi connectivity index (χ1v) is 9.31. The van der Waals surface area contributed by atoms with E-state index in [0.717, 1.165) is 11.1 Å². The number of rotatable bonds is 6. The Morgan fingerprint density at radius 3 is 1.81 bits per heavy atom. The van der Waals surface area contributed by atoms with Gasteiger partial charge in [-0.1, -0.05) is 24.3 Å². The van der Waals surface area contributed by atoms with Crippen molar-refractivity contribution in [1.29, 1.82) is 0 Å². The van der Waals surface area contributed by atoms with Crippen LogP contribution >= 0.6 is 0 Å². The van der Waals surface area contributed by atoms with Gasteiger partial charge in [0.25, 0.3) is 0 Å². The third-order valence-corrected chi connectivity index (χ3v) is 5.00. The summed E-state index contributed by atoms with van der Waals surface area (Å²) in [5, 5.41) is 0. The highest BCUT2D eigenvalue weighted by Gasteiger charge is 2.28. The Morgan fingerprint density at radius 2 is 1.37 bits per heavy atom. The van der Waals surface area contributed by atoms with Crippen molar-refractivity contribution in [3.05, 3.63) is 71.3 Å². The van der Waals surface area contributed by atoms with Crippen LogP contribution in [-0.4, -0.2) is 48.4 Å². The Labute approximate surface area is 158 Å². The summed E-state index contributed by atoms with van der Waals surface area (Å²) < 4.78 is 26.7. The summed E-state index contributed by atoms with van der Waals surface area (Å²) in [5.74, 6) is -0.431. The van der Waals surface area contributed by atoms with Crippen LogP contribution in [0.5, 0.6) is 0 Å². The van der Waals surface area contributed by atoms with Gasteiger partial charge in [0, 0.05) is 32.6 Å². The maximum atomic E-state index is 13.4. The molecule has 2 aromatic rings. The first-order chi connectivity index (χ1) is 13.1. The van der Waals surface area contributed by atoms with Crippen LogP contribution in [0.3, 0.4) is 0 Å². The third kappa shape index (κ3) is 4.90. The lowest BCUT2D eigenvalue weighted by atomic mass is 9.96. The molecule has 2 N–H and O–H groups in total.